The van der Waals surface area contributed by atoms with Gasteiger partial charge in [0, 0.05) is 5.56 Å². The Labute approximate surface area is 109 Å². The third-order valence-electron chi connectivity index (χ3n) is 3.45. The predicted octanol–water partition coefficient (Wildman–Crippen LogP) is 2.80. The summed E-state index contributed by atoms with van der Waals surface area (Å²) in [6, 6.07) is 8.14. The maximum absolute atomic E-state index is 13.1. The molecule has 0 unspecified atom stereocenters. The molecule has 1 aromatic carbocycles. The Morgan fingerprint density at radius 2 is 1.68 bits per heavy atom. The lowest BCUT2D eigenvalue weighted by atomic mass is 9.98. The van der Waals surface area contributed by atoms with Crippen LogP contribution >= 0.6 is 0 Å². The van der Waals surface area contributed by atoms with E-state index in [2.05, 4.69) is 10.9 Å². The molecular weight excluding hydrogens is 257 g/mol. The number of carbonyl (C=O) groups is 1. The summed E-state index contributed by atoms with van der Waals surface area (Å²) in [6.07, 6.45) is -3.37. The molecule has 1 aliphatic carbocycles. The van der Waals surface area contributed by atoms with Crippen LogP contribution in [0.5, 0.6) is 0 Å². The van der Waals surface area contributed by atoms with E-state index in [0.717, 1.165) is 0 Å². The molecule has 0 spiro atoms. The van der Waals surface area contributed by atoms with Crippen molar-refractivity contribution in [3.05, 3.63) is 35.9 Å². The lowest BCUT2D eigenvalue weighted by Gasteiger charge is -2.32. The standard InChI is InChI=1S/C13H15F3N2O/c14-13(15,16)12(8-4-5-9-12)18-17-11(19)10-6-2-1-3-7-10/h1-3,6-7,18H,4-5,8-9H2,(H,17,19). The van der Waals surface area contributed by atoms with Crippen LogP contribution in [0.3, 0.4) is 0 Å². The minimum Gasteiger partial charge on any atom is -0.287 e. The van der Waals surface area contributed by atoms with Crippen molar-refractivity contribution in [1.82, 2.24) is 10.9 Å². The van der Waals surface area contributed by atoms with Gasteiger partial charge >= 0.3 is 6.18 Å². The molecular formula is C13H15F3N2O. The molecule has 2 rings (SSSR count). The predicted molar refractivity (Wildman–Crippen MR) is 64.3 cm³/mol. The number of rotatable bonds is 3. The molecule has 0 heterocycles. The first kappa shape index (κ1) is 13.9. The Bertz CT molecular complexity index is 439. The lowest BCUT2D eigenvalue weighted by Crippen LogP contribution is -2.60. The van der Waals surface area contributed by atoms with Crippen molar-refractivity contribution in [3.63, 3.8) is 0 Å². The normalized spacial score (nSPS) is 18.3. The molecule has 1 aliphatic rings. The number of hydrogen-bond acceptors (Lipinski definition) is 2. The van der Waals surface area contributed by atoms with Crippen LogP contribution in [0.4, 0.5) is 13.2 Å². The van der Waals surface area contributed by atoms with Crippen LogP contribution in [0.25, 0.3) is 0 Å². The average molecular weight is 272 g/mol. The number of hydrogen-bond donors (Lipinski definition) is 2. The zero-order valence-corrected chi connectivity index (χ0v) is 10.3. The number of nitrogens with one attached hydrogen (secondary N) is 2. The van der Waals surface area contributed by atoms with Crippen molar-refractivity contribution < 1.29 is 18.0 Å². The van der Waals surface area contributed by atoms with Gasteiger partial charge in [0.05, 0.1) is 0 Å². The zero-order valence-electron chi connectivity index (χ0n) is 10.3. The van der Waals surface area contributed by atoms with E-state index in [1.807, 2.05) is 0 Å². The molecule has 1 aromatic rings. The fourth-order valence-corrected chi connectivity index (χ4v) is 2.30. The van der Waals surface area contributed by atoms with E-state index in [9.17, 15) is 18.0 Å². The molecule has 0 aromatic heterocycles. The summed E-state index contributed by atoms with van der Waals surface area (Å²) in [5.41, 5.74) is 2.72. The lowest BCUT2D eigenvalue weighted by molar-refractivity contribution is -0.197. The number of carbonyl (C=O) groups excluding carboxylic acids is 1. The molecule has 1 amide bonds. The molecule has 6 heteroatoms. The highest BCUT2D eigenvalue weighted by Crippen LogP contribution is 2.42. The summed E-state index contributed by atoms with van der Waals surface area (Å²) in [5.74, 6) is -0.559. The van der Waals surface area contributed by atoms with Gasteiger partial charge in [-0.05, 0) is 25.0 Å². The summed E-state index contributed by atoms with van der Waals surface area (Å²) in [6.45, 7) is 0. The highest BCUT2D eigenvalue weighted by molar-refractivity contribution is 5.93. The van der Waals surface area contributed by atoms with Crippen LogP contribution < -0.4 is 10.9 Å². The Balaban J connectivity index is 2.03. The fourth-order valence-electron chi connectivity index (χ4n) is 2.30. The second-order valence-electron chi connectivity index (χ2n) is 4.73. The smallest absolute Gasteiger partial charge is 0.287 e. The van der Waals surface area contributed by atoms with Crippen LogP contribution in [0.2, 0.25) is 0 Å². The SMILES string of the molecule is O=C(NNC1(C(F)(F)F)CCCC1)c1ccccc1. The van der Waals surface area contributed by atoms with Crippen molar-refractivity contribution in [2.24, 2.45) is 0 Å². The van der Waals surface area contributed by atoms with E-state index >= 15 is 0 Å². The van der Waals surface area contributed by atoms with Crippen molar-refractivity contribution >= 4 is 5.91 Å². The summed E-state index contributed by atoms with van der Waals surface area (Å²) in [4.78, 5) is 11.7. The maximum Gasteiger partial charge on any atom is 0.408 e. The molecule has 19 heavy (non-hydrogen) atoms. The quantitative estimate of drug-likeness (QED) is 0.831. The van der Waals surface area contributed by atoms with Crippen LogP contribution in [0.1, 0.15) is 36.0 Å². The molecule has 1 saturated carbocycles. The van der Waals surface area contributed by atoms with Gasteiger partial charge in [-0.1, -0.05) is 31.0 Å². The topological polar surface area (TPSA) is 41.1 Å². The van der Waals surface area contributed by atoms with Crippen molar-refractivity contribution in [2.75, 3.05) is 0 Å². The van der Waals surface area contributed by atoms with E-state index in [1.165, 1.54) is 0 Å². The first-order valence-electron chi connectivity index (χ1n) is 6.14. The van der Waals surface area contributed by atoms with Crippen LogP contribution in [0.15, 0.2) is 30.3 Å². The van der Waals surface area contributed by atoms with Gasteiger partial charge < -0.3 is 0 Å². The molecule has 0 bridgehead atoms. The number of hydrazine groups is 1. The molecule has 0 radical (unpaired) electrons. The third kappa shape index (κ3) is 2.89. The van der Waals surface area contributed by atoms with E-state index in [-0.39, 0.29) is 12.8 Å². The summed E-state index contributed by atoms with van der Waals surface area (Å²) < 4.78 is 39.2. The summed E-state index contributed by atoms with van der Waals surface area (Å²) >= 11 is 0. The maximum atomic E-state index is 13.1. The highest BCUT2D eigenvalue weighted by Gasteiger charge is 2.56. The monoisotopic (exact) mass is 272 g/mol. The van der Waals surface area contributed by atoms with Gasteiger partial charge in [-0.15, -0.1) is 0 Å². The Hall–Kier alpha value is -1.56. The van der Waals surface area contributed by atoms with Crippen molar-refractivity contribution in [1.29, 1.82) is 0 Å². The first-order valence-corrected chi connectivity index (χ1v) is 6.14. The van der Waals surface area contributed by atoms with Crippen LogP contribution in [-0.2, 0) is 0 Å². The Morgan fingerprint density at radius 3 is 2.21 bits per heavy atom. The van der Waals surface area contributed by atoms with Gasteiger partial charge in [-0.25, -0.2) is 5.43 Å². The van der Waals surface area contributed by atoms with E-state index in [1.54, 1.807) is 30.3 Å². The van der Waals surface area contributed by atoms with E-state index < -0.39 is 17.6 Å². The molecule has 0 atom stereocenters. The van der Waals surface area contributed by atoms with Crippen LogP contribution in [0, 0.1) is 0 Å². The largest absolute Gasteiger partial charge is 0.408 e. The first-order chi connectivity index (χ1) is 8.95. The molecule has 0 aliphatic heterocycles. The van der Waals surface area contributed by atoms with Gasteiger partial charge in [0.15, 0.2) is 0 Å². The minimum atomic E-state index is -4.37. The van der Waals surface area contributed by atoms with Gasteiger partial charge in [-0.2, -0.15) is 13.2 Å². The van der Waals surface area contributed by atoms with Crippen molar-refractivity contribution in [2.45, 2.75) is 37.4 Å². The number of halogens is 3. The van der Waals surface area contributed by atoms with Gasteiger partial charge in [0.1, 0.15) is 5.54 Å². The minimum absolute atomic E-state index is 0.00836. The van der Waals surface area contributed by atoms with Gasteiger partial charge in [0.2, 0.25) is 0 Å². The second-order valence-corrected chi connectivity index (χ2v) is 4.73. The molecule has 3 nitrogen and oxygen atoms in total. The molecule has 104 valence electrons. The zero-order chi connectivity index (χ0) is 13.9. The molecule has 1 fully saturated rings. The Kier molecular flexibility index (Phi) is 3.80. The average Bonchev–Trinajstić information content (AvgIpc) is 2.86. The highest BCUT2D eigenvalue weighted by atomic mass is 19.4. The third-order valence-corrected chi connectivity index (χ3v) is 3.45. The fraction of sp³-hybridized carbons (Fsp3) is 0.462. The number of benzene rings is 1. The van der Waals surface area contributed by atoms with E-state index in [4.69, 9.17) is 0 Å². The van der Waals surface area contributed by atoms with Crippen LogP contribution in [-0.4, -0.2) is 17.6 Å². The number of alkyl halides is 3. The number of amides is 1. The molecule has 0 saturated heterocycles. The van der Waals surface area contributed by atoms with Crippen molar-refractivity contribution in [3.8, 4) is 0 Å². The summed E-state index contributed by atoms with van der Waals surface area (Å²) in [5, 5.41) is 0. The van der Waals surface area contributed by atoms with Gasteiger partial charge in [0.25, 0.3) is 5.91 Å². The van der Waals surface area contributed by atoms with Gasteiger partial charge in [-0.3, -0.25) is 10.2 Å². The molecule has 2 N–H and O–H groups in total. The second kappa shape index (κ2) is 5.21. The Morgan fingerprint density at radius 1 is 1.11 bits per heavy atom. The summed E-state index contributed by atoms with van der Waals surface area (Å²) in [7, 11) is 0. The van der Waals surface area contributed by atoms with E-state index in [0.29, 0.717) is 18.4 Å².